The van der Waals surface area contributed by atoms with Crippen LogP contribution in [-0.2, 0) is 12.6 Å². The number of Topliss-reactive ketones (excluding diaryl/α,β-unsaturated/α-hetero) is 1. The molecule has 0 spiro atoms. The molecule has 100 valence electrons. The summed E-state index contributed by atoms with van der Waals surface area (Å²) in [6.07, 6.45) is -4.52. The second-order valence-electron chi connectivity index (χ2n) is 4.21. The van der Waals surface area contributed by atoms with Crippen LogP contribution in [0, 0.1) is 6.92 Å². The van der Waals surface area contributed by atoms with Gasteiger partial charge in [-0.1, -0.05) is 18.2 Å². The fourth-order valence-corrected chi connectivity index (χ4v) is 1.71. The van der Waals surface area contributed by atoms with Gasteiger partial charge >= 0.3 is 6.18 Å². The molecule has 0 fully saturated rings. The van der Waals surface area contributed by atoms with Gasteiger partial charge < -0.3 is 4.42 Å². The van der Waals surface area contributed by atoms with Crippen molar-refractivity contribution in [3.8, 4) is 0 Å². The summed E-state index contributed by atoms with van der Waals surface area (Å²) >= 11 is 0. The Labute approximate surface area is 107 Å². The van der Waals surface area contributed by atoms with E-state index in [0.29, 0.717) is 11.3 Å². The second kappa shape index (κ2) is 4.91. The quantitative estimate of drug-likeness (QED) is 0.787. The molecule has 2 nitrogen and oxygen atoms in total. The number of carbonyl (C=O) groups excluding carboxylic acids is 1. The molecule has 2 rings (SSSR count). The number of hydrogen-bond donors (Lipinski definition) is 0. The van der Waals surface area contributed by atoms with Crippen molar-refractivity contribution in [3.05, 3.63) is 59.0 Å². The highest BCUT2D eigenvalue weighted by molar-refractivity contribution is 5.95. The van der Waals surface area contributed by atoms with Crippen LogP contribution < -0.4 is 0 Å². The van der Waals surface area contributed by atoms with Gasteiger partial charge in [0.05, 0.1) is 5.56 Å². The van der Waals surface area contributed by atoms with Crippen LogP contribution in [0.2, 0.25) is 0 Å². The first-order valence-electron chi connectivity index (χ1n) is 5.62. The summed E-state index contributed by atoms with van der Waals surface area (Å²) in [7, 11) is 0. The molecule has 0 saturated carbocycles. The van der Waals surface area contributed by atoms with Crippen LogP contribution >= 0.6 is 0 Å². The summed E-state index contributed by atoms with van der Waals surface area (Å²) in [5.41, 5.74) is -0.442. The normalized spacial score (nSPS) is 11.6. The third-order valence-electron chi connectivity index (χ3n) is 2.63. The number of halogens is 3. The van der Waals surface area contributed by atoms with Crippen LogP contribution in [0.25, 0.3) is 0 Å². The van der Waals surface area contributed by atoms with Crippen LogP contribution in [0.15, 0.2) is 40.8 Å². The average Bonchev–Trinajstić information content (AvgIpc) is 2.75. The number of ketones is 1. The van der Waals surface area contributed by atoms with E-state index in [2.05, 4.69) is 0 Å². The average molecular weight is 268 g/mol. The van der Waals surface area contributed by atoms with Crippen molar-refractivity contribution in [3.63, 3.8) is 0 Å². The molecule has 0 unspecified atom stereocenters. The van der Waals surface area contributed by atoms with Crippen molar-refractivity contribution >= 4 is 5.78 Å². The zero-order valence-corrected chi connectivity index (χ0v) is 10.1. The summed E-state index contributed by atoms with van der Waals surface area (Å²) < 4.78 is 42.7. The smallest absolute Gasteiger partial charge is 0.416 e. The first kappa shape index (κ1) is 13.4. The van der Waals surface area contributed by atoms with Crippen LogP contribution in [0.1, 0.15) is 27.4 Å². The van der Waals surface area contributed by atoms with Gasteiger partial charge in [-0.2, -0.15) is 13.2 Å². The van der Waals surface area contributed by atoms with E-state index in [1.807, 2.05) is 0 Å². The van der Waals surface area contributed by atoms with Gasteiger partial charge in [0.2, 0.25) is 5.78 Å². The minimum atomic E-state index is -4.40. The summed E-state index contributed by atoms with van der Waals surface area (Å²) in [5, 5.41) is 0. The number of benzene rings is 1. The van der Waals surface area contributed by atoms with E-state index in [4.69, 9.17) is 4.42 Å². The van der Waals surface area contributed by atoms with Gasteiger partial charge in [0, 0.05) is 6.42 Å². The highest BCUT2D eigenvalue weighted by Gasteiger charge is 2.30. The molecule has 1 heterocycles. The Balaban J connectivity index is 2.18. The molecule has 0 N–H and O–H groups in total. The molecule has 0 aliphatic rings. The Morgan fingerprint density at radius 1 is 1.21 bits per heavy atom. The largest absolute Gasteiger partial charge is 0.458 e. The topological polar surface area (TPSA) is 30.2 Å². The molecule has 0 atom stereocenters. The van der Waals surface area contributed by atoms with E-state index in [1.54, 1.807) is 13.0 Å². The van der Waals surface area contributed by atoms with E-state index in [1.165, 1.54) is 18.2 Å². The molecule has 0 bridgehead atoms. The maximum absolute atomic E-state index is 12.5. The van der Waals surface area contributed by atoms with Crippen LogP contribution in [0.4, 0.5) is 13.2 Å². The summed E-state index contributed by atoms with van der Waals surface area (Å²) in [6, 6.07) is 7.89. The van der Waals surface area contributed by atoms with Crippen molar-refractivity contribution in [1.82, 2.24) is 0 Å². The fourth-order valence-electron chi connectivity index (χ4n) is 1.71. The summed E-state index contributed by atoms with van der Waals surface area (Å²) in [5.74, 6) is 0.412. The predicted molar refractivity (Wildman–Crippen MR) is 62.9 cm³/mol. The molecule has 0 aliphatic heterocycles. The monoisotopic (exact) mass is 268 g/mol. The number of alkyl halides is 3. The first-order chi connectivity index (χ1) is 8.86. The number of aryl methyl sites for hydroxylation is 1. The fraction of sp³-hybridized carbons (Fsp3) is 0.214. The van der Waals surface area contributed by atoms with E-state index < -0.39 is 11.7 Å². The van der Waals surface area contributed by atoms with Crippen LogP contribution in [0.3, 0.4) is 0 Å². The van der Waals surface area contributed by atoms with Crippen LogP contribution in [-0.4, -0.2) is 5.78 Å². The molecular formula is C14H11F3O2. The van der Waals surface area contributed by atoms with Crippen molar-refractivity contribution in [2.75, 3.05) is 0 Å². The Hall–Kier alpha value is -2.04. The second-order valence-corrected chi connectivity index (χ2v) is 4.21. The SMILES string of the molecule is Cc1ccc(C(=O)Cc2cccc(C(F)(F)F)c2)o1. The zero-order valence-electron chi connectivity index (χ0n) is 10.1. The number of furan rings is 1. The lowest BCUT2D eigenvalue weighted by Gasteiger charge is -2.07. The molecular weight excluding hydrogens is 257 g/mol. The summed E-state index contributed by atoms with van der Waals surface area (Å²) in [6.45, 7) is 1.70. The highest BCUT2D eigenvalue weighted by atomic mass is 19.4. The van der Waals surface area contributed by atoms with Gasteiger partial charge in [-0.15, -0.1) is 0 Å². The number of carbonyl (C=O) groups is 1. The van der Waals surface area contributed by atoms with Crippen molar-refractivity contribution < 1.29 is 22.4 Å². The lowest BCUT2D eigenvalue weighted by Crippen LogP contribution is -2.07. The molecule has 5 heteroatoms. The van der Waals surface area contributed by atoms with Gasteiger partial charge in [-0.3, -0.25) is 4.79 Å². The van der Waals surface area contributed by atoms with Crippen molar-refractivity contribution in [2.24, 2.45) is 0 Å². The van der Waals surface area contributed by atoms with Gasteiger partial charge in [0.1, 0.15) is 5.76 Å². The van der Waals surface area contributed by atoms with Crippen molar-refractivity contribution in [1.29, 1.82) is 0 Å². The van der Waals surface area contributed by atoms with E-state index >= 15 is 0 Å². The van der Waals surface area contributed by atoms with Gasteiger partial charge in [0.15, 0.2) is 5.76 Å². The predicted octanol–water partition coefficient (Wildman–Crippen LogP) is 4.03. The molecule has 19 heavy (non-hydrogen) atoms. The molecule has 1 aromatic carbocycles. The zero-order chi connectivity index (χ0) is 14.0. The van der Waals surface area contributed by atoms with Crippen LogP contribution in [0.5, 0.6) is 0 Å². The Morgan fingerprint density at radius 3 is 2.53 bits per heavy atom. The molecule has 0 amide bonds. The number of hydrogen-bond acceptors (Lipinski definition) is 2. The molecule has 2 aromatic rings. The Bertz CT molecular complexity index is 597. The first-order valence-corrected chi connectivity index (χ1v) is 5.62. The third kappa shape index (κ3) is 3.24. The van der Waals surface area contributed by atoms with E-state index in [9.17, 15) is 18.0 Å². The van der Waals surface area contributed by atoms with Crippen molar-refractivity contribution in [2.45, 2.75) is 19.5 Å². The summed E-state index contributed by atoms with van der Waals surface area (Å²) in [4.78, 5) is 11.8. The highest BCUT2D eigenvalue weighted by Crippen LogP contribution is 2.29. The molecule has 0 saturated heterocycles. The van der Waals surface area contributed by atoms with E-state index in [-0.39, 0.29) is 18.0 Å². The minimum absolute atomic E-state index is 0.114. The molecule has 0 radical (unpaired) electrons. The minimum Gasteiger partial charge on any atom is -0.458 e. The standard InChI is InChI=1S/C14H11F3O2/c1-9-5-6-13(19-9)12(18)8-10-3-2-4-11(7-10)14(15,16)17/h2-7H,8H2,1H3. The number of rotatable bonds is 3. The van der Waals surface area contributed by atoms with Gasteiger partial charge in [-0.05, 0) is 30.7 Å². The lowest BCUT2D eigenvalue weighted by molar-refractivity contribution is -0.137. The Morgan fingerprint density at radius 2 is 1.95 bits per heavy atom. The molecule has 1 aromatic heterocycles. The third-order valence-corrected chi connectivity index (χ3v) is 2.63. The Kier molecular flexibility index (Phi) is 3.46. The molecule has 0 aliphatic carbocycles. The van der Waals surface area contributed by atoms with E-state index in [0.717, 1.165) is 12.1 Å². The van der Waals surface area contributed by atoms with Gasteiger partial charge in [-0.25, -0.2) is 0 Å². The maximum atomic E-state index is 12.5. The van der Waals surface area contributed by atoms with Gasteiger partial charge in [0.25, 0.3) is 0 Å². The maximum Gasteiger partial charge on any atom is 0.416 e. The lowest BCUT2D eigenvalue weighted by atomic mass is 10.0.